The van der Waals surface area contributed by atoms with Crippen LogP contribution in [0.5, 0.6) is 5.75 Å². The molecular formula is C10H13NO. The van der Waals surface area contributed by atoms with E-state index in [-0.39, 0.29) is 0 Å². The van der Waals surface area contributed by atoms with Gasteiger partial charge in [-0.15, -0.1) is 0 Å². The van der Waals surface area contributed by atoms with Gasteiger partial charge >= 0.3 is 0 Å². The van der Waals surface area contributed by atoms with Gasteiger partial charge in [0.15, 0.2) is 0 Å². The molecule has 0 saturated heterocycles. The van der Waals surface area contributed by atoms with Crippen molar-refractivity contribution in [1.82, 2.24) is 0 Å². The van der Waals surface area contributed by atoms with E-state index in [9.17, 15) is 0 Å². The lowest BCUT2D eigenvalue weighted by atomic mass is 9.97. The monoisotopic (exact) mass is 163 g/mol. The van der Waals surface area contributed by atoms with Gasteiger partial charge in [-0.25, -0.2) is 0 Å². The molecule has 0 radical (unpaired) electrons. The molecule has 1 atom stereocenters. The molecule has 0 bridgehead atoms. The SMILES string of the molecule is NCC1COc2ccccc2C1. The molecule has 1 aromatic rings. The van der Waals surface area contributed by atoms with Crippen LogP contribution in [0.1, 0.15) is 5.56 Å². The quantitative estimate of drug-likeness (QED) is 0.675. The third-order valence-electron chi connectivity index (χ3n) is 2.29. The Hall–Kier alpha value is -1.02. The predicted molar refractivity (Wildman–Crippen MR) is 48.2 cm³/mol. The van der Waals surface area contributed by atoms with E-state index < -0.39 is 0 Å². The van der Waals surface area contributed by atoms with Crippen LogP contribution in [0.15, 0.2) is 24.3 Å². The molecule has 0 fully saturated rings. The van der Waals surface area contributed by atoms with E-state index >= 15 is 0 Å². The maximum absolute atomic E-state index is 5.58. The van der Waals surface area contributed by atoms with Gasteiger partial charge in [-0.3, -0.25) is 0 Å². The van der Waals surface area contributed by atoms with Gasteiger partial charge in [-0.05, 0) is 24.6 Å². The minimum atomic E-state index is 0.500. The Morgan fingerprint density at radius 1 is 1.42 bits per heavy atom. The van der Waals surface area contributed by atoms with Crippen LogP contribution >= 0.6 is 0 Å². The van der Waals surface area contributed by atoms with E-state index in [4.69, 9.17) is 10.5 Å². The van der Waals surface area contributed by atoms with Gasteiger partial charge in [0.25, 0.3) is 0 Å². The van der Waals surface area contributed by atoms with Crippen molar-refractivity contribution in [1.29, 1.82) is 0 Å². The van der Waals surface area contributed by atoms with Gasteiger partial charge in [0.05, 0.1) is 6.61 Å². The summed E-state index contributed by atoms with van der Waals surface area (Å²) >= 11 is 0. The van der Waals surface area contributed by atoms with Gasteiger partial charge in [-0.1, -0.05) is 18.2 Å². The number of benzene rings is 1. The molecule has 2 rings (SSSR count). The van der Waals surface area contributed by atoms with E-state index in [0.717, 1.165) is 18.8 Å². The first kappa shape index (κ1) is 7.62. The van der Waals surface area contributed by atoms with Crippen LogP contribution in [0.25, 0.3) is 0 Å². The van der Waals surface area contributed by atoms with E-state index in [1.165, 1.54) is 5.56 Å². The highest BCUT2D eigenvalue weighted by molar-refractivity contribution is 5.35. The van der Waals surface area contributed by atoms with Gasteiger partial charge in [0, 0.05) is 5.92 Å². The Balaban J connectivity index is 2.23. The third-order valence-corrected chi connectivity index (χ3v) is 2.29. The molecule has 2 N–H and O–H groups in total. The molecule has 0 saturated carbocycles. The summed E-state index contributed by atoms with van der Waals surface area (Å²) in [6, 6.07) is 8.17. The topological polar surface area (TPSA) is 35.2 Å². The Morgan fingerprint density at radius 3 is 3.08 bits per heavy atom. The molecule has 0 amide bonds. The average molecular weight is 163 g/mol. The smallest absolute Gasteiger partial charge is 0.122 e. The minimum Gasteiger partial charge on any atom is -0.493 e. The Labute approximate surface area is 72.3 Å². The summed E-state index contributed by atoms with van der Waals surface area (Å²) in [7, 11) is 0. The molecule has 0 aromatic heterocycles. The fraction of sp³-hybridized carbons (Fsp3) is 0.400. The summed E-state index contributed by atoms with van der Waals surface area (Å²) in [5.41, 5.74) is 6.87. The van der Waals surface area contributed by atoms with E-state index in [1.54, 1.807) is 0 Å². The summed E-state index contributed by atoms with van der Waals surface area (Å²) in [4.78, 5) is 0. The number of hydrogen-bond donors (Lipinski definition) is 1. The van der Waals surface area contributed by atoms with Crippen LogP contribution in [0.2, 0.25) is 0 Å². The molecule has 2 nitrogen and oxygen atoms in total. The second-order valence-corrected chi connectivity index (χ2v) is 3.22. The molecule has 1 aliphatic heterocycles. The standard InChI is InChI=1S/C10H13NO/c11-6-8-5-9-3-1-2-4-10(9)12-7-8/h1-4,8H,5-7,11H2. The van der Waals surface area contributed by atoms with Gasteiger partial charge in [-0.2, -0.15) is 0 Å². The maximum atomic E-state index is 5.58. The highest BCUT2D eigenvalue weighted by atomic mass is 16.5. The largest absolute Gasteiger partial charge is 0.493 e. The molecule has 1 heterocycles. The van der Waals surface area contributed by atoms with Gasteiger partial charge in [0.1, 0.15) is 5.75 Å². The number of ether oxygens (including phenoxy) is 1. The van der Waals surface area contributed by atoms with Crippen LogP contribution in [0.4, 0.5) is 0 Å². The van der Waals surface area contributed by atoms with Crippen LogP contribution < -0.4 is 10.5 Å². The first-order chi connectivity index (χ1) is 5.90. The highest BCUT2D eigenvalue weighted by Gasteiger charge is 2.17. The lowest BCUT2D eigenvalue weighted by Crippen LogP contribution is -2.27. The molecule has 1 aliphatic rings. The van der Waals surface area contributed by atoms with Crippen molar-refractivity contribution >= 4 is 0 Å². The van der Waals surface area contributed by atoms with Crippen molar-refractivity contribution in [2.24, 2.45) is 11.7 Å². The minimum absolute atomic E-state index is 0.500. The van der Waals surface area contributed by atoms with Crippen LogP contribution in [-0.2, 0) is 6.42 Å². The second-order valence-electron chi connectivity index (χ2n) is 3.22. The van der Waals surface area contributed by atoms with Gasteiger partial charge < -0.3 is 10.5 Å². The molecule has 64 valence electrons. The van der Waals surface area contributed by atoms with E-state index in [1.807, 2.05) is 18.2 Å². The summed E-state index contributed by atoms with van der Waals surface area (Å²) < 4.78 is 5.55. The molecule has 0 spiro atoms. The lowest BCUT2D eigenvalue weighted by Gasteiger charge is -2.23. The van der Waals surface area contributed by atoms with E-state index in [2.05, 4.69) is 6.07 Å². The maximum Gasteiger partial charge on any atom is 0.122 e. The molecule has 0 aliphatic carbocycles. The summed E-state index contributed by atoms with van der Waals surface area (Å²) in [6.07, 6.45) is 1.06. The zero-order chi connectivity index (χ0) is 8.39. The third kappa shape index (κ3) is 1.30. The Kier molecular flexibility index (Phi) is 2.00. The normalized spacial score (nSPS) is 21.2. The van der Waals surface area contributed by atoms with Crippen LogP contribution in [-0.4, -0.2) is 13.2 Å². The predicted octanol–water partition coefficient (Wildman–Crippen LogP) is 1.20. The molecular weight excluding hydrogens is 150 g/mol. The second kappa shape index (κ2) is 3.15. The van der Waals surface area contributed by atoms with E-state index in [0.29, 0.717) is 12.5 Å². The summed E-state index contributed by atoms with van der Waals surface area (Å²) in [5, 5.41) is 0. The highest BCUT2D eigenvalue weighted by Crippen LogP contribution is 2.25. The van der Waals surface area contributed by atoms with Gasteiger partial charge in [0.2, 0.25) is 0 Å². The Bertz CT molecular complexity index is 272. The fourth-order valence-electron chi connectivity index (χ4n) is 1.54. The first-order valence-electron chi connectivity index (χ1n) is 4.31. The van der Waals surface area contributed by atoms with Crippen molar-refractivity contribution in [2.45, 2.75) is 6.42 Å². The van der Waals surface area contributed by atoms with Crippen molar-refractivity contribution in [2.75, 3.05) is 13.2 Å². The molecule has 1 aromatic carbocycles. The fourth-order valence-corrected chi connectivity index (χ4v) is 1.54. The molecule has 12 heavy (non-hydrogen) atoms. The molecule has 1 unspecified atom stereocenters. The zero-order valence-electron chi connectivity index (χ0n) is 6.99. The van der Waals surface area contributed by atoms with Crippen LogP contribution in [0.3, 0.4) is 0 Å². The number of hydrogen-bond acceptors (Lipinski definition) is 2. The number of rotatable bonds is 1. The number of fused-ring (bicyclic) bond motifs is 1. The average Bonchev–Trinajstić information content (AvgIpc) is 2.17. The Morgan fingerprint density at radius 2 is 2.25 bits per heavy atom. The number of para-hydroxylation sites is 1. The summed E-state index contributed by atoms with van der Waals surface area (Å²) in [6.45, 7) is 1.49. The van der Waals surface area contributed by atoms with Crippen LogP contribution in [0, 0.1) is 5.92 Å². The zero-order valence-corrected chi connectivity index (χ0v) is 6.99. The van der Waals surface area contributed by atoms with Crippen molar-refractivity contribution in [3.05, 3.63) is 29.8 Å². The number of nitrogens with two attached hydrogens (primary N) is 1. The lowest BCUT2D eigenvalue weighted by molar-refractivity contribution is 0.226. The first-order valence-corrected chi connectivity index (χ1v) is 4.31. The van der Waals surface area contributed by atoms with Crippen molar-refractivity contribution in [3.8, 4) is 5.75 Å². The van der Waals surface area contributed by atoms with Crippen molar-refractivity contribution in [3.63, 3.8) is 0 Å². The van der Waals surface area contributed by atoms with Crippen molar-refractivity contribution < 1.29 is 4.74 Å². The summed E-state index contributed by atoms with van der Waals surface area (Å²) in [5.74, 6) is 1.53. The molecule has 2 heteroatoms.